The summed E-state index contributed by atoms with van der Waals surface area (Å²) in [7, 11) is 1.79. The molecule has 0 spiro atoms. The van der Waals surface area contributed by atoms with Gasteiger partial charge in [0.05, 0.1) is 12.6 Å². The van der Waals surface area contributed by atoms with Crippen molar-refractivity contribution in [1.82, 2.24) is 10.2 Å². The average molecular weight is 376 g/mol. The highest BCUT2D eigenvalue weighted by atomic mass is 16.5. The summed E-state index contributed by atoms with van der Waals surface area (Å²) in [5, 5.41) is 13.1. The predicted octanol–water partition coefficient (Wildman–Crippen LogP) is 3.03. The van der Waals surface area contributed by atoms with E-state index in [1.807, 2.05) is 39.0 Å². The Balaban J connectivity index is 1.71. The second-order valence-corrected chi connectivity index (χ2v) is 8.74. The lowest BCUT2D eigenvalue weighted by molar-refractivity contribution is -0.0263. The minimum atomic E-state index is -0.343. The molecule has 3 rings (SSSR count). The first-order chi connectivity index (χ1) is 12.7. The van der Waals surface area contributed by atoms with Crippen LogP contribution in [0, 0.1) is 12.3 Å². The van der Waals surface area contributed by atoms with Crippen molar-refractivity contribution in [1.29, 1.82) is 0 Å². The molecule has 1 aromatic carbocycles. The van der Waals surface area contributed by atoms with Gasteiger partial charge in [-0.15, -0.1) is 0 Å². The van der Waals surface area contributed by atoms with Crippen molar-refractivity contribution in [3.05, 3.63) is 29.3 Å². The fraction of sp³-hybridized carbons (Fsp3) is 0.667. The van der Waals surface area contributed by atoms with Crippen LogP contribution in [-0.4, -0.2) is 55.1 Å². The minimum Gasteiger partial charge on any atom is -0.487 e. The van der Waals surface area contributed by atoms with Crippen LogP contribution >= 0.6 is 0 Å². The van der Waals surface area contributed by atoms with Gasteiger partial charge in [-0.3, -0.25) is 0 Å². The van der Waals surface area contributed by atoms with Crippen LogP contribution in [0.3, 0.4) is 0 Å². The van der Waals surface area contributed by atoms with Gasteiger partial charge in [-0.2, -0.15) is 0 Å². The quantitative estimate of drug-likeness (QED) is 0.847. The van der Waals surface area contributed by atoms with Gasteiger partial charge in [-0.1, -0.05) is 12.1 Å². The minimum absolute atomic E-state index is 0.0698. The maximum atomic E-state index is 12.9. The molecule has 150 valence electrons. The molecule has 27 heavy (non-hydrogen) atoms. The topological polar surface area (TPSA) is 71.0 Å². The van der Waals surface area contributed by atoms with Gasteiger partial charge >= 0.3 is 6.03 Å². The monoisotopic (exact) mass is 376 g/mol. The lowest BCUT2D eigenvalue weighted by atomic mass is 9.80. The maximum Gasteiger partial charge on any atom is 0.317 e. The Kier molecular flexibility index (Phi) is 5.68. The van der Waals surface area contributed by atoms with Gasteiger partial charge in [0.1, 0.15) is 11.4 Å². The van der Waals surface area contributed by atoms with Gasteiger partial charge in [0.2, 0.25) is 0 Å². The molecule has 0 bridgehead atoms. The summed E-state index contributed by atoms with van der Waals surface area (Å²) < 4.78 is 11.5. The molecular weight excluding hydrogens is 344 g/mol. The normalized spacial score (nSPS) is 23.1. The molecule has 2 aliphatic heterocycles. The summed E-state index contributed by atoms with van der Waals surface area (Å²) >= 11 is 0. The third-order valence-electron chi connectivity index (χ3n) is 5.73. The number of nitrogens with zero attached hydrogens (tertiary/aromatic N) is 1. The number of urea groups is 1. The summed E-state index contributed by atoms with van der Waals surface area (Å²) in [4.78, 5) is 14.6. The number of fused-ring (bicyclic) bond motifs is 1. The average Bonchev–Trinajstić information content (AvgIpc) is 2.61. The number of ether oxygens (including phenoxy) is 2. The van der Waals surface area contributed by atoms with Gasteiger partial charge in [0, 0.05) is 44.2 Å². The molecule has 2 amide bonds. The molecule has 1 saturated heterocycles. The number of aryl methyl sites for hydroxylation is 1. The van der Waals surface area contributed by atoms with E-state index < -0.39 is 0 Å². The summed E-state index contributed by atoms with van der Waals surface area (Å²) in [5.41, 5.74) is 1.54. The van der Waals surface area contributed by atoms with Crippen LogP contribution in [0.4, 0.5) is 4.79 Å². The first kappa shape index (κ1) is 20.0. The van der Waals surface area contributed by atoms with Crippen molar-refractivity contribution >= 4 is 6.03 Å². The predicted molar refractivity (Wildman–Crippen MR) is 104 cm³/mol. The molecule has 1 unspecified atom stereocenters. The second-order valence-electron chi connectivity index (χ2n) is 8.74. The molecule has 6 heteroatoms. The highest BCUT2D eigenvalue weighted by molar-refractivity contribution is 5.74. The van der Waals surface area contributed by atoms with Crippen molar-refractivity contribution in [2.45, 2.75) is 51.7 Å². The zero-order valence-corrected chi connectivity index (χ0v) is 16.9. The maximum absolute atomic E-state index is 12.9. The number of carbonyl (C=O) groups is 1. The van der Waals surface area contributed by atoms with E-state index in [1.165, 1.54) is 0 Å². The van der Waals surface area contributed by atoms with Crippen LogP contribution in [0.1, 0.15) is 50.3 Å². The first-order valence-electron chi connectivity index (χ1n) is 9.73. The van der Waals surface area contributed by atoms with Crippen LogP contribution < -0.4 is 10.1 Å². The number of amides is 2. The van der Waals surface area contributed by atoms with E-state index in [0.717, 1.165) is 29.7 Å². The molecule has 0 saturated carbocycles. The molecule has 2 N–H and O–H groups in total. The number of rotatable bonds is 4. The number of aliphatic hydroxyl groups excluding tert-OH is 1. The number of aliphatic hydroxyl groups is 1. The van der Waals surface area contributed by atoms with E-state index in [4.69, 9.17) is 9.47 Å². The molecule has 0 radical (unpaired) electrons. The largest absolute Gasteiger partial charge is 0.487 e. The second kappa shape index (κ2) is 7.68. The Bertz CT molecular complexity index is 683. The summed E-state index contributed by atoms with van der Waals surface area (Å²) in [6.07, 6.45) is 2.25. The molecule has 1 fully saturated rings. The van der Waals surface area contributed by atoms with E-state index in [0.29, 0.717) is 26.2 Å². The lowest BCUT2D eigenvalue weighted by Crippen LogP contribution is -2.49. The number of nitrogens with one attached hydrogen (secondary N) is 1. The van der Waals surface area contributed by atoms with Crippen molar-refractivity contribution < 1.29 is 19.4 Å². The molecule has 0 aromatic heterocycles. The Morgan fingerprint density at radius 1 is 1.33 bits per heavy atom. The third kappa shape index (κ3) is 4.55. The summed E-state index contributed by atoms with van der Waals surface area (Å²) in [6, 6.07) is 5.90. The van der Waals surface area contributed by atoms with Crippen LogP contribution in [0.2, 0.25) is 0 Å². The van der Waals surface area contributed by atoms with Crippen molar-refractivity contribution in [3.8, 4) is 5.75 Å². The number of hydrogen-bond donors (Lipinski definition) is 2. The van der Waals surface area contributed by atoms with Gasteiger partial charge in [-0.05, 0) is 45.2 Å². The first-order valence-corrected chi connectivity index (χ1v) is 9.73. The zero-order valence-electron chi connectivity index (χ0n) is 16.9. The van der Waals surface area contributed by atoms with Crippen molar-refractivity contribution in [2.24, 2.45) is 5.41 Å². The summed E-state index contributed by atoms with van der Waals surface area (Å²) in [5.74, 6) is 0.843. The van der Waals surface area contributed by atoms with Gasteiger partial charge in [-0.25, -0.2) is 4.79 Å². The Morgan fingerprint density at radius 2 is 2.04 bits per heavy atom. The fourth-order valence-electron chi connectivity index (χ4n) is 4.09. The lowest BCUT2D eigenvalue weighted by Gasteiger charge is -2.40. The Hall–Kier alpha value is -1.79. The standard InChI is InChI=1S/C21H32N2O4/c1-15-5-6-16-17(12-20(2,3)27-18(16)11-15)22-19(25)23(4)13-21(14-24)7-9-26-10-8-21/h5-6,11,17,24H,7-10,12-14H2,1-4H3,(H,22,25). The smallest absolute Gasteiger partial charge is 0.317 e. The van der Waals surface area contributed by atoms with Gasteiger partial charge in [0.25, 0.3) is 0 Å². The van der Waals surface area contributed by atoms with Crippen LogP contribution in [0.15, 0.2) is 18.2 Å². The van der Waals surface area contributed by atoms with E-state index in [-0.39, 0.29) is 29.7 Å². The highest BCUT2D eigenvalue weighted by Gasteiger charge is 2.37. The molecule has 6 nitrogen and oxygen atoms in total. The SMILES string of the molecule is Cc1ccc2c(c1)OC(C)(C)CC2NC(=O)N(C)CC1(CO)CCOCC1. The number of benzene rings is 1. The van der Waals surface area contributed by atoms with Crippen molar-refractivity contribution in [2.75, 3.05) is 33.4 Å². The molecule has 1 atom stereocenters. The van der Waals surface area contributed by atoms with E-state index in [2.05, 4.69) is 5.32 Å². The van der Waals surface area contributed by atoms with Crippen molar-refractivity contribution in [3.63, 3.8) is 0 Å². The van der Waals surface area contributed by atoms with Crippen LogP contribution in [0.25, 0.3) is 0 Å². The Labute approximate surface area is 161 Å². The van der Waals surface area contributed by atoms with Crippen LogP contribution in [0.5, 0.6) is 5.75 Å². The van der Waals surface area contributed by atoms with Crippen LogP contribution in [-0.2, 0) is 4.74 Å². The highest BCUT2D eigenvalue weighted by Crippen LogP contribution is 2.40. The van der Waals surface area contributed by atoms with Gasteiger partial charge < -0.3 is 24.8 Å². The van der Waals surface area contributed by atoms with E-state index >= 15 is 0 Å². The fourth-order valence-corrected chi connectivity index (χ4v) is 4.09. The number of hydrogen-bond acceptors (Lipinski definition) is 4. The van der Waals surface area contributed by atoms with Gasteiger partial charge in [0.15, 0.2) is 0 Å². The number of carbonyl (C=O) groups excluding carboxylic acids is 1. The molecule has 2 aliphatic rings. The summed E-state index contributed by atoms with van der Waals surface area (Å²) in [6.45, 7) is 7.99. The van der Waals surface area contributed by atoms with E-state index in [9.17, 15) is 9.90 Å². The van der Waals surface area contributed by atoms with E-state index in [1.54, 1.807) is 11.9 Å². The molecular formula is C21H32N2O4. The molecule has 0 aliphatic carbocycles. The molecule has 2 heterocycles. The third-order valence-corrected chi connectivity index (χ3v) is 5.73. The molecule has 1 aromatic rings. The zero-order chi connectivity index (χ0) is 19.7. The Morgan fingerprint density at radius 3 is 2.70 bits per heavy atom.